The van der Waals surface area contributed by atoms with Crippen LogP contribution < -0.4 is 10.9 Å². The Morgan fingerprint density at radius 2 is 1.89 bits per heavy atom. The van der Waals surface area contributed by atoms with E-state index in [0.29, 0.717) is 23.5 Å². The number of carbonyl (C=O) groups is 1. The molecule has 0 saturated carbocycles. The van der Waals surface area contributed by atoms with Crippen molar-refractivity contribution < 1.29 is 9.90 Å². The van der Waals surface area contributed by atoms with Crippen molar-refractivity contribution in [1.29, 1.82) is 0 Å². The number of hydrogen-bond donors (Lipinski definition) is 2. The van der Waals surface area contributed by atoms with E-state index in [9.17, 15) is 14.7 Å². The summed E-state index contributed by atoms with van der Waals surface area (Å²) in [6.45, 7) is 3.52. The fourth-order valence-corrected chi connectivity index (χ4v) is 2.93. The first-order valence-corrected chi connectivity index (χ1v) is 8.73. The van der Waals surface area contributed by atoms with Crippen LogP contribution in [0.1, 0.15) is 29.8 Å². The van der Waals surface area contributed by atoms with Gasteiger partial charge in [0.25, 0.3) is 5.56 Å². The number of hydrogen-bond acceptors (Lipinski definition) is 5. The minimum atomic E-state index is -0.364. The van der Waals surface area contributed by atoms with Crippen LogP contribution in [-0.4, -0.2) is 20.7 Å². The lowest BCUT2D eigenvalue weighted by atomic mass is 10.0. The van der Waals surface area contributed by atoms with Gasteiger partial charge in [-0.2, -0.15) is 5.10 Å². The maximum Gasteiger partial charge on any atom is 0.291 e. The largest absolute Gasteiger partial charge is 0.392 e. The van der Waals surface area contributed by atoms with Crippen molar-refractivity contribution in [2.24, 2.45) is 0 Å². The van der Waals surface area contributed by atoms with E-state index in [4.69, 9.17) is 0 Å². The third-order valence-electron chi connectivity index (χ3n) is 4.23. The first-order chi connectivity index (χ1) is 13.0. The van der Waals surface area contributed by atoms with Gasteiger partial charge in [-0.1, -0.05) is 42.5 Å². The number of benzene rings is 2. The van der Waals surface area contributed by atoms with Gasteiger partial charge in [-0.25, -0.2) is 4.68 Å². The molecule has 2 aromatic carbocycles. The molecule has 0 atom stereocenters. The zero-order chi connectivity index (χ0) is 19.4. The van der Waals surface area contributed by atoms with Crippen molar-refractivity contribution in [3.05, 3.63) is 76.1 Å². The second-order valence-corrected chi connectivity index (χ2v) is 6.13. The Kier molecular flexibility index (Phi) is 5.47. The number of anilines is 2. The number of nitrogens with zero attached hydrogens (tertiary/aromatic N) is 2. The Hall–Kier alpha value is -3.25. The monoisotopic (exact) mass is 363 g/mol. The summed E-state index contributed by atoms with van der Waals surface area (Å²) in [5.74, 6) is -0.248. The van der Waals surface area contributed by atoms with Crippen LogP contribution in [0.15, 0.2) is 59.4 Å². The van der Waals surface area contributed by atoms with Crippen molar-refractivity contribution in [2.75, 3.05) is 5.32 Å². The van der Waals surface area contributed by atoms with E-state index >= 15 is 0 Å². The van der Waals surface area contributed by atoms with Gasteiger partial charge in [-0.3, -0.25) is 9.59 Å². The molecule has 3 rings (SSSR count). The van der Waals surface area contributed by atoms with Crippen molar-refractivity contribution in [3.63, 3.8) is 0 Å². The topological polar surface area (TPSA) is 84.2 Å². The molecule has 138 valence electrons. The van der Waals surface area contributed by atoms with Crippen molar-refractivity contribution >= 4 is 17.2 Å². The summed E-state index contributed by atoms with van der Waals surface area (Å²) in [5.41, 5.74) is 2.63. The molecule has 0 aliphatic rings. The highest BCUT2D eigenvalue weighted by atomic mass is 16.3. The maximum absolute atomic E-state index is 12.9. The summed E-state index contributed by atoms with van der Waals surface area (Å²) in [6, 6.07) is 16.4. The van der Waals surface area contributed by atoms with E-state index in [0.717, 1.165) is 5.56 Å². The lowest BCUT2D eigenvalue weighted by Gasteiger charge is -2.16. The van der Waals surface area contributed by atoms with Gasteiger partial charge < -0.3 is 10.4 Å². The van der Waals surface area contributed by atoms with E-state index in [1.165, 1.54) is 11.6 Å². The molecule has 3 aromatic rings. The van der Waals surface area contributed by atoms with Gasteiger partial charge in [0.1, 0.15) is 11.4 Å². The summed E-state index contributed by atoms with van der Waals surface area (Å²) in [5, 5.41) is 16.8. The van der Waals surface area contributed by atoms with Gasteiger partial charge in [0.05, 0.1) is 12.2 Å². The second-order valence-electron chi connectivity index (χ2n) is 6.13. The van der Waals surface area contributed by atoms with Gasteiger partial charge in [0, 0.05) is 17.8 Å². The van der Waals surface area contributed by atoms with Crippen molar-refractivity contribution in [1.82, 2.24) is 9.78 Å². The number of aliphatic hydroxyl groups excluding tert-OH is 1. The predicted octanol–water partition coefficient (Wildman–Crippen LogP) is 3.37. The molecule has 1 heterocycles. The first-order valence-electron chi connectivity index (χ1n) is 8.73. The molecule has 0 spiro atoms. The van der Waals surface area contributed by atoms with Crippen LogP contribution in [0, 0.1) is 0 Å². The quantitative estimate of drug-likeness (QED) is 0.656. The molecule has 1 aromatic heterocycles. The second kappa shape index (κ2) is 7.97. The lowest BCUT2D eigenvalue weighted by molar-refractivity contribution is 0.101. The highest BCUT2D eigenvalue weighted by Crippen LogP contribution is 2.27. The van der Waals surface area contributed by atoms with Crippen molar-refractivity contribution in [2.45, 2.75) is 27.0 Å². The molecule has 2 N–H and O–H groups in total. The minimum Gasteiger partial charge on any atom is -0.392 e. The summed E-state index contributed by atoms with van der Waals surface area (Å²) in [6.07, 6.45) is 0. The summed E-state index contributed by atoms with van der Waals surface area (Å²) >= 11 is 0. The Balaban J connectivity index is 2.25. The number of aromatic nitrogens is 2. The van der Waals surface area contributed by atoms with Gasteiger partial charge >= 0.3 is 0 Å². The zero-order valence-electron chi connectivity index (χ0n) is 15.3. The van der Waals surface area contributed by atoms with Gasteiger partial charge in [-0.05, 0) is 31.5 Å². The van der Waals surface area contributed by atoms with Gasteiger partial charge in [0.2, 0.25) is 0 Å². The van der Waals surface area contributed by atoms with E-state index in [2.05, 4.69) is 10.4 Å². The number of nitrogens with one attached hydrogen (secondary N) is 1. The molecule has 0 aliphatic carbocycles. The number of aryl methyl sites for hydroxylation is 1. The molecule has 27 heavy (non-hydrogen) atoms. The molecular formula is C21H21N3O3. The molecule has 0 saturated heterocycles. The van der Waals surface area contributed by atoms with E-state index in [-0.39, 0.29) is 29.2 Å². The molecule has 0 radical (unpaired) electrons. The van der Waals surface area contributed by atoms with Gasteiger partial charge in [0.15, 0.2) is 5.78 Å². The van der Waals surface area contributed by atoms with Crippen LogP contribution >= 0.6 is 0 Å². The lowest BCUT2D eigenvalue weighted by Crippen LogP contribution is -2.28. The van der Waals surface area contributed by atoms with Crippen LogP contribution in [0.4, 0.5) is 11.4 Å². The Labute approximate surface area is 157 Å². The minimum absolute atomic E-state index is 0.111. The first kappa shape index (κ1) is 18.5. The summed E-state index contributed by atoms with van der Waals surface area (Å²) in [4.78, 5) is 25.4. The van der Waals surface area contributed by atoms with Crippen molar-refractivity contribution in [3.8, 4) is 11.3 Å². The highest BCUT2D eigenvalue weighted by Gasteiger charge is 2.21. The number of ketones is 1. The number of aliphatic hydroxyl groups is 1. The number of rotatable bonds is 6. The van der Waals surface area contributed by atoms with Crippen LogP contribution in [-0.2, 0) is 13.2 Å². The average molecular weight is 363 g/mol. The Bertz CT molecular complexity index is 1030. The van der Waals surface area contributed by atoms with E-state index in [1.54, 1.807) is 24.3 Å². The Morgan fingerprint density at radius 3 is 2.52 bits per heavy atom. The molecule has 0 bridgehead atoms. The maximum atomic E-state index is 12.9. The standard InChI is InChI=1S/C21H21N3O3/c1-3-24-21(27)20(22-17-11-7-8-15(12-17)13-25)18(14(2)26)19(23-24)16-9-5-4-6-10-16/h4-12,22,25H,3,13H2,1-2H3. The third kappa shape index (κ3) is 3.80. The van der Waals surface area contributed by atoms with Crippen LogP contribution in [0.3, 0.4) is 0 Å². The fraction of sp³-hybridized carbons (Fsp3) is 0.190. The third-order valence-corrected chi connectivity index (χ3v) is 4.23. The summed E-state index contributed by atoms with van der Waals surface area (Å²) < 4.78 is 1.34. The Morgan fingerprint density at radius 1 is 1.15 bits per heavy atom. The average Bonchev–Trinajstić information content (AvgIpc) is 2.69. The fourth-order valence-electron chi connectivity index (χ4n) is 2.93. The molecule has 0 amide bonds. The molecule has 6 nitrogen and oxygen atoms in total. The van der Waals surface area contributed by atoms with Gasteiger partial charge in [-0.15, -0.1) is 0 Å². The highest BCUT2D eigenvalue weighted by molar-refractivity contribution is 6.05. The van der Waals surface area contributed by atoms with E-state index in [1.807, 2.05) is 37.3 Å². The molecular weight excluding hydrogens is 342 g/mol. The molecule has 0 fully saturated rings. The number of carbonyl (C=O) groups excluding carboxylic acids is 1. The smallest absolute Gasteiger partial charge is 0.291 e. The zero-order valence-corrected chi connectivity index (χ0v) is 15.3. The SMILES string of the molecule is CCn1nc(-c2ccccc2)c(C(C)=O)c(Nc2cccc(CO)c2)c1=O. The molecule has 0 unspecified atom stereocenters. The van der Waals surface area contributed by atoms with Crippen LogP contribution in [0.25, 0.3) is 11.3 Å². The van der Waals surface area contributed by atoms with Crippen LogP contribution in [0.5, 0.6) is 0 Å². The molecule has 6 heteroatoms. The van der Waals surface area contributed by atoms with Crippen LogP contribution in [0.2, 0.25) is 0 Å². The number of Topliss-reactive ketones (excluding diaryl/α,β-unsaturated/α-hetero) is 1. The van der Waals surface area contributed by atoms with E-state index < -0.39 is 0 Å². The summed E-state index contributed by atoms with van der Waals surface area (Å²) in [7, 11) is 0. The normalized spacial score (nSPS) is 10.6. The predicted molar refractivity (Wildman–Crippen MR) is 105 cm³/mol. The molecule has 0 aliphatic heterocycles.